The zero-order valence-electron chi connectivity index (χ0n) is 21.9. The monoisotopic (exact) mass is 489 g/mol. The number of amides is 3. The number of urea groups is 1. The van der Waals surface area contributed by atoms with Crippen molar-refractivity contribution in [1.29, 1.82) is 0 Å². The summed E-state index contributed by atoms with van der Waals surface area (Å²) in [6.07, 6.45) is 10.9. The molecule has 3 aliphatic rings. The zero-order chi connectivity index (χ0) is 25.3. The minimum absolute atomic E-state index is 0.0250. The Kier molecular flexibility index (Phi) is 6.77. The van der Waals surface area contributed by atoms with E-state index >= 15 is 0 Å². The van der Waals surface area contributed by atoms with Gasteiger partial charge >= 0.3 is 6.03 Å². The van der Waals surface area contributed by atoms with Gasteiger partial charge in [0, 0.05) is 24.8 Å². The molecule has 0 bridgehead atoms. The molecule has 3 amide bonds. The summed E-state index contributed by atoms with van der Waals surface area (Å²) in [6, 6.07) is 12.7. The average molecular weight is 490 g/mol. The third-order valence-corrected chi connectivity index (χ3v) is 9.05. The summed E-state index contributed by atoms with van der Waals surface area (Å²) < 4.78 is 0. The van der Waals surface area contributed by atoms with Crippen LogP contribution in [0.2, 0.25) is 0 Å². The van der Waals surface area contributed by atoms with Gasteiger partial charge in [-0.05, 0) is 82.7 Å². The molecule has 1 N–H and O–H groups in total. The molecule has 7 nitrogen and oxygen atoms in total. The molecular weight excluding hydrogens is 450 g/mol. The van der Waals surface area contributed by atoms with Gasteiger partial charge in [-0.2, -0.15) is 0 Å². The van der Waals surface area contributed by atoms with Crippen molar-refractivity contribution in [3.63, 3.8) is 0 Å². The number of hydrogen-bond acceptors (Lipinski definition) is 4. The highest BCUT2D eigenvalue weighted by Crippen LogP contribution is 2.49. The van der Waals surface area contributed by atoms with Gasteiger partial charge in [-0.15, -0.1) is 0 Å². The van der Waals surface area contributed by atoms with E-state index in [0.717, 1.165) is 37.8 Å². The molecular formula is C29H39N5O2. The Balaban J connectivity index is 1.35. The number of rotatable bonds is 7. The second-order valence-electron chi connectivity index (χ2n) is 11.3. The maximum absolute atomic E-state index is 13.7. The molecule has 1 aliphatic heterocycles. The Labute approximate surface area is 214 Å². The average Bonchev–Trinajstić information content (AvgIpc) is 3.08. The molecule has 2 saturated carbocycles. The van der Waals surface area contributed by atoms with Crippen molar-refractivity contribution in [1.82, 2.24) is 19.7 Å². The summed E-state index contributed by atoms with van der Waals surface area (Å²) >= 11 is 0. The Morgan fingerprint density at radius 1 is 1.11 bits per heavy atom. The molecule has 36 heavy (non-hydrogen) atoms. The van der Waals surface area contributed by atoms with Crippen LogP contribution >= 0.6 is 0 Å². The van der Waals surface area contributed by atoms with Gasteiger partial charge in [-0.1, -0.05) is 36.8 Å². The number of carbonyl (C=O) groups is 2. The van der Waals surface area contributed by atoms with Crippen LogP contribution in [0.1, 0.15) is 56.1 Å². The van der Waals surface area contributed by atoms with E-state index in [-0.39, 0.29) is 29.6 Å². The molecule has 192 valence electrons. The molecule has 0 unspecified atom stereocenters. The van der Waals surface area contributed by atoms with E-state index in [1.165, 1.54) is 24.8 Å². The summed E-state index contributed by atoms with van der Waals surface area (Å²) in [6.45, 7) is 3.46. The van der Waals surface area contributed by atoms with Crippen LogP contribution in [0.3, 0.4) is 0 Å². The van der Waals surface area contributed by atoms with E-state index in [2.05, 4.69) is 64.5 Å². The predicted molar refractivity (Wildman–Crippen MR) is 142 cm³/mol. The lowest BCUT2D eigenvalue weighted by molar-refractivity contribution is -0.116. The van der Waals surface area contributed by atoms with E-state index in [1.807, 2.05) is 13.0 Å². The molecule has 2 heterocycles. The van der Waals surface area contributed by atoms with Crippen molar-refractivity contribution < 1.29 is 9.59 Å². The van der Waals surface area contributed by atoms with E-state index < -0.39 is 0 Å². The van der Waals surface area contributed by atoms with Crippen LogP contribution in [-0.4, -0.2) is 70.9 Å². The fourth-order valence-electron chi connectivity index (χ4n) is 6.47. The quantitative estimate of drug-likeness (QED) is 0.615. The molecule has 0 radical (unpaired) electrons. The van der Waals surface area contributed by atoms with Crippen LogP contribution in [-0.2, 0) is 10.3 Å². The summed E-state index contributed by atoms with van der Waals surface area (Å²) in [7, 11) is 4.35. The standard InChI is InChI=1S/C29H39N5O2/c1-22-12-17-30-18-25(22)31-26(35)20-33-21-28(34(27(33)36)19-23-8-7-9-23)13-15-29(16-14-28,32(2)3)24-10-5-4-6-11-24/h4-6,10-12,17-18,23H,7-9,13-16,19-21H2,1-3H3,(H,31,35). The maximum atomic E-state index is 13.7. The van der Waals surface area contributed by atoms with Gasteiger partial charge in [-0.25, -0.2) is 4.79 Å². The van der Waals surface area contributed by atoms with Gasteiger partial charge in [-0.3, -0.25) is 14.7 Å². The number of carbonyl (C=O) groups excluding carboxylic acids is 2. The Morgan fingerprint density at radius 3 is 2.44 bits per heavy atom. The van der Waals surface area contributed by atoms with Crippen LogP contribution in [0.4, 0.5) is 10.5 Å². The minimum atomic E-state index is -0.203. The van der Waals surface area contributed by atoms with Gasteiger partial charge in [0.15, 0.2) is 0 Å². The normalized spacial score (nSPS) is 26.5. The zero-order valence-corrected chi connectivity index (χ0v) is 21.9. The maximum Gasteiger partial charge on any atom is 0.321 e. The molecule has 1 aromatic heterocycles. The van der Waals surface area contributed by atoms with Crippen molar-refractivity contribution in [2.75, 3.05) is 39.0 Å². The molecule has 1 aromatic carbocycles. The summed E-state index contributed by atoms with van der Waals surface area (Å²) in [5.41, 5.74) is 2.78. The summed E-state index contributed by atoms with van der Waals surface area (Å²) in [5.74, 6) is 0.426. The van der Waals surface area contributed by atoms with Crippen LogP contribution in [0.25, 0.3) is 0 Å². The van der Waals surface area contributed by atoms with Crippen molar-refractivity contribution in [3.8, 4) is 0 Å². The summed E-state index contributed by atoms with van der Waals surface area (Å²) in [4.78, 5) is 37.1. The second-order valence-corrected chi connectivity index (χ2v) is 11.3. The highest BCUT2D eigenvalue weighted by atomic mass is 16.2. The molecule has 3 fully saturated rings. The van der Waals surface area contributed by atoms with Crippen LogP contribution in [0, 0.1) is 12.8 Å². The molecule has 5 rings (SSSR count). The molecule has 1 saturated heterocycles. The third kappa shape index (κ3) is 4.49. The lowest BCUT2D eigenvalue weighted by Gasteiger charge is -2.51. The third-order valence-electron chi connectivity index (χ3n) is 9.05. The Bertz CT molecular complexity index is 1090. The van der Waals surface area contributed by atoms with Crippen LogP contribution in [0.15, 0.2) is 48.8 Å². The first kappa shape index (κ1) is 24.8. The van der Waals surface area contributed by atoms with Gasteiger partial charge < -0.3 is 15.1 Å². The molecule has 0 atom stereocenters. The summed E-state index contributed by atoms with van der Waals surface area (Å²) in [5, 5.41) is 2.96. The van der Waals surface area contributed by atoms with Crippen molar-refractivity contribution in [2.45, 2.75) is 62.9 Å². The van der Waals surface area contributed by atoms with E-state index in [4.69, 9.17) is 0 Å². The molecule has 1 spiro atoms. The van der Waals surface area contributed by atoms with E-state index in [9.17, 15) is 9.59 Å². The number of hydrogen-bond donors (Lipinski definition) is 1. The lowest BCUT2D eigenvalue weighted by Crippen LogP contribution is -2.56. The van der Waals surface area contributed by atoms with Gasteiger partial charge in [0.05, 0.1) is 17.4 Å². The number of aryl methyl sites for hydroxylation is 1. The number of aromatic nitrogens is 1. The number of benzene rings is 1. The first-order valence-corrected chi connectivity index (χ1v) is 13.3. The van der Waals surface area contributed by atoms with Crippen molar-refractivity contribution >= 4 is 17.6 Å². The first-order chi connectivity index (χ1) is 17.3. The molecule has 2 aromatic rings. The number of nitrogens with zero attached hydrogens (tertiary/aromatic N) is 4. The van der Waals surface area contributed by atoms with Gasteiger partial charge in [0.2, 0.25) is 5.91 Å². The lowest BCUT2D eigenvalue weighted by atomic mass is 9.68. The highest BCUT2D eigenvalue weighted by Gasteiger charge is 2.55. The second kappa shape index (κ2) is 9.85. The largest absolute Gasteiger partial charge is 0.323 e. The smallest absolute Gasteiger partial charge is 0.321 e. The van der Waals surface area contributed by atoms with Crippen molar-refractivity contribution in [2.24, 2.45) is 5.92 Å². The fourth-order valence-corrected chi connectivity index (χ4v) is 6.47. The van der Waals surface area contributed by atoms with Gasteiger partial charge in [0.25, 0.3) is 0 Å². The van der Waals surface area contributed by atoms with Crippen LogP contribution in [0.5, 0.6) is 0 Å². The number of anilines is 1. The number of nitrogens with one attached hydrogen (secondary N) is 1. The van der Waals surface area contributed by atoms with Crippen molar-refractivity contribution in [3.05, 3.63) is 59.9 Å². The molecule has 2 aliphatic carbocycles. The Hall–Kier alpha value is -2.93. The minimum Gasteiger partial charge on any atom is -0.323 e. The van der Waals surface area contributed by atoms with E-state index in [0.29, 0.717) is 18.2 Å². The van der Waals surface area contributed by atoms with Crippen LogP contribution < -0.4 is 5.32 Å². The van der Waals surface area contributed by atoms with E-state index in [1.54, 1.807) is 17.3 Å². The Morgan fingerprint density at radius 2 is 1.83 bits per heavy atom. The first-order valence-electron chi connectivity index (χ1n) is 13.3. The van der Waals surface area contributed by atoms with Gasteiger partial charge in [0.1, 0.15) is 6.54 Å². The topological polar surface area (TPSA) is 68.8 Å². The SMILES string of the molecule is Cc1ccncc1NC(=O)CN1CC2(CCC(c3ccccc3)(N(C)C)CC2)N(CC2CCC2)C1=O. The fraction of sp³-hybridized carbons (Fsp3) is 0.552. The number of pyridine rings is 1. The molecule has 7 heteroatoms. The highest BCUT2D eigenvalue weighted by molar-refractivity contribution is 5.95. The predicted octanol–water partition coefficient (Wildman–Crippen LogP) is 4.64.